The van der Waals surface area contributed by atoms with Crippen LogP contribution in [-0.2, 0) is 10.0 Å². The fourth-order valence-electron chi connectivity index (χ4n) is 1.86. The van der Waals surface area contributed by atoms with Gasteiger partial charge in [0, 0.05) is 11.9 Å². The summed E-state index contributed by atoms with van der Waals surface area (Å²) in [6.45, 7) is 1.65. The number of rotatable bonds is 4. The lowest BCUT2D eigenvalue weighted by Gasteiger charge is -2.30. The molecule has 0 bridgehead atoms. The fraction of sp³-hybridized carbons (Fsp3) is 1.00. The Balaban J connectivity index is 2.57. The molecule has 1 N–H and O–H groups in total. The van der Waals surface area contributed by atoms with Crippen LogP contribution in [0.4, 0.5) is 0 Å². The zero-order chi connectivity index (χ0) is 10.6. The second-order valence-corrected chi connectivity index (χ2v) is 6.18. The maximum absolute atomic E-state index is 11.4. The molecule has 3 nitrogen and oxygen atoms in total. The predicted octanol–water partition coefficient (Wildman–Crippen LogP) is 1.72. The maximum atomic E-state index is 11.4. The van der Waals surface area contributed by atoms with E-state index in [2.05, 4.69) is 4.72 Å². The second kappa shape index (κ2) is 5.33. The van der Waals surface area contributed by atoms with E-state index in [0.29, 0.717) is 11.8 Å². The zero-order valence-electron chi connectivity index (χ0n) is 8.50. The molecule has 84 valence electrons. The molecule has 1 rings (SSSR count). The van der Waals surface area contributed by atoms with Gasteiger partial charge in [0.2, 0.25) is 10.0 Å². The van der Waals surface area contributed by atoms with E-state index in [1.165, 1.54) is 6.42 Å². The van der Waals surface area contributed by atoms with Crippen LogP contribution in [0.1, 0.15) is 32.6 Å². The van der Waals surface area contributed by atoms with Crippen molar-refractivity contribution >= 4 is 21.6 Å². The van der Waals surface area contributed by atoms with E-state index in [1.807, 2.05) is 0 Å². The second-order valence-electron chi connectivity index (χ2n) is 3.83. The summed E-state index contributed by atoms with van der Waals surface area (Å²) in [6, 6.07) is 0.0613. The topological polar surface area (TPSA) is 46.2 Å². The van der Waals surface area contributed by atoms with Crippen LogP contribution in [-0.4, -0.2) is 26.1 Å². The largest absolute Gasteiger partial charge is 0.212 e. The van der Waals surface area contributed by atoms with Gasteiger partial charge in [-0.1, -0.05) is 12.8 Å². The van der Waals surface area contributed by atoms with Crippen molar-refractivity contribution in [2.45, 2.75) is 38.6 Å². The molecule has 0 aromatic carbocycles. The first-order valence-electron chi connectivity index (χ1n) is 5.15. The van der Waals surface area contributed by atoms with Crippen LogP contribution in [0.5, 0.6) is 0 Å². The molecule has 1 fully saturated rings. The molecule has 0 aromatic rings. The third-order valence-electron chi connectivity index (χ3n) is 2.82. The van der Waals surface area contributed by atoms with Gasteiger partial charge in [0.1, 0.15) is 0 Å². The Bertz CT molecular complexity index is 266. The molecule has 2 atom stereocenters. The normalized spacial score (nSPS) is 29.0. The van der Waals surface area contributed by atoms with E-state index < -0.39 is 10.0 Å². The summed E-state index contributed by atoms with van der Waals surface area (Å²) in [4.78, 5) is 0. The summed E-state index contributed by atoms with van der Waals surface area (Å²) in [5, 5.41) is 0. The van der Waals surface area contributed by atoms with Crippen LogP contribution in [0, 0.1) is 5.92 Å². The molecule has 0 aliphatic heterocycles. The monoisotopic (exact) mass is 239 g/mol. The highest BCUT2D eigenvalue weighted by Gasteiger charge is 2.27. The molecule has 2 unspecified atom stereocenters. The first kappa shape index (κ1) is 12.3. The number of halogens is 1. The maximum Gasteiger partial charge on any atom is 0.211 e. The van der Waals surface area contributed by atoms with E-state index in [0.717, 1.165) is 19.3 Å². The Hall–Kier alpha value is 0.200. The first-order chi connectivity index (χ1) is 6.59. The molecule has 0 heterocycles. The van der Waals surface area contributed by atoms with Gasteiger partial charge < -0.3 is 0 Å². The van der Waals surface area contributed by atoms with Gasteiger partial charge in [-0.25, -0.2) is 13.1 Å². The lowest BCUT2D eigenvalue weighted by atomic mass is 9.86. The minimum Gasteiger partial charge on any atom is -0.212 e. The van der Waals surface area contributed by atoms with Gasteiger partial charge in [-0.05, 0) is 25.7 Å². The Labute approximate surface area is 91.3 Å². The smallest absolute Gasteiger partial charge is 0.211 e. The molecule has 1 aliphatic rings. The highest BCUT2D eigenvalue weighted by molar-refractivity contribution is 7.89. The third-order valence-corrected chi connectivity index (χ3v) is 4.64. The van der Waals surface area contributed by atoms with Crippen molar-refractivity contribution in [3.63, 3.8) is 0 Å². The molecule has 0 spiro atoms. The van der Waals surface area contributed by atoms with Gasteiger partial charge in [-0.15, -0.1) is 11.6 Å². The van der Waals surface area contributed by atoms with Crippen molar-refractivity contribution in [3.8, 4) is 0 Å². The zero-order valence-corrected chi connectivity index (χ0v) is 10.1. The lowest BCUT2D eigenvalue weighted by Crippen LogP contribution is -2.43. The van der Waals surface area contributed by atoms with Crippen LogP contribution in [0.25, 0.3) is 0 Å². The standard InChI is InChI=1S/C9H18ClNO2S/c1-2-14(12,13)11-9-6-4-3-5-8(9)7-10/h8-9,11H,2-7H2,1H3. The highest BCUT2D eigenvalue weighted by atomic mass is 35.5. The molecule has 1 saturated carbocycles. The molecule has 0 saturated heterocycles. The quantitative estimate of drug-likeness (QED) is 0.760. The Morgan fingerprint density at radius 1 is 1.36 bits per heavy atom. The van der Waals surface area contributed by atoms with Crippen molar-refractivity contribution in [3.05, 3.63) is 0 Å². The van der Waals surface area contributed by atoms with Crippen LogP contribution in [0.3, 0.4) is 0 Å². The third kappa shape index (κ3) is 3.41. The Morgan fingerprint density at radius 2 is 2.00 bits per heavy atom. The highest BCUT2D eigenvalue weighted by Crippen LogP contribution is 2.25. The van der Waals surface area contributed by atoms with Crippen molar-refractivity contribution < 1.29 is 8.42 Å². The molecule has 0 aromatic heterocycles. The van der Waals surface area contributed by atoms with Crippen molar-refractivity contribution in [2.24, 2.45) is 5.92 Å². The van der Waals surface area contributed by atoms with E-state index in [4.69, 9.17) is 11.6 Å². The number of hydrogen-bond donors (Lipinski definition) is 1. The molecule has 14 heavy (non-hydrogen) atoms. The van der Waals surface area contributed by atoms with Crippen molar-refractivity contribution in [1.82, 2.24) is 4.72 Å². The number of alkyl halides is 1. The summed E-state index contributed by atoms with van der Waals surface area (Å²) in [7, 11) is -3.07. The Morgan fingerprint density at radius 3 is 2.57 bits per heavy atom. The SMILES string of the molecule is CCS(=O)(=O)NC1CCCCC1CCl. The Kier molecular flexibility index (Phi) is 4.67. The molecule has 0 amide bonds. The fourth-order valence-corrected chi connectivity index (χ4v) is 3.17. The van der Waals surface area contributed by atoms with Gasteiger partial charge in [0.15, 0.2) is 0 Å². The molecule has 5 heteroatoms. The predicted molar refractivity (Wildman–Crippen MR) is 59.1 cm³/mol. The molecule has 1 aliphatic carbocycles. The summed E-state index contributed by atoms with van der Waals surface area (Å²) in [6.07, 6.45) is 4.24. The summed E-state index contributed by atoms with van der Waals surface area (Å²) in [5.41, 5.74) is 0. The van der Waals surface area contributed by atoms with Crippen LogP contribution in [0.15, 0.2) is 0 Å². The van der Waals surface area contributed by atoms with Gasteiger partial charge in [-0.3, -0.25) is 0 Å². The van der Waals surface area contributed by atoms with Crippen LogP contribution in [0.2, 0.25) is 0 Å². The van der Waals surface area contributed by atoms with Gasteiger partial charge in [0.05, 0.1) is 5.75 Å². The minimum atomic E-state index is -3.07. The number of nitrogens with one attached hydrogen (secondary N) is 1. The van der Waals surface area contributed by atoms with E-state index >= 15 is 0 Å². The van der Waals surface area contributed by atoms with Crippen LogP contribution >= 0.6 is 11.6 Å². The average molecular weight is 240 g/mol. The lowest BCUT2D eigenvalue weighted by molar-refractivity contribution is 0.314. The van der Waals surface area contributed by atoms with Crippen LogP contribution < -0.4 is 4.72 Å². The number of sulfonamides is 1. The molecular weight excluding hydrogens is 222 g/mol. The minimum absolute atomic E-state index is 0.0613. The van der Waals surface area contributed by atoms with Crippen molar-refractivity contribution in [2.75, 3.05) is 11.6 Å². The van der Waals surface area contributed by atoms with E-state index in [9.17, 15) is 8.42 Å². The van der Waals surface area contributed by atoms with Gasteiger partial charge in [0.25, 0.3) is 0 Å². The average Bonchev–Trinajstić information content (AvgIpc) is 2.18. The van der Waals surface area contributed by atoms with E-state index in [1.54, 1.807) is 6.92 Å². The van der Waals surface area contributed by atoms with Gasteiger partial charge in [-0.2, -0.15) is 0 Å². The first-order valence-corrected chi connectivity index (χ1v) is 7.33. The van der Waals surface area contributed by atoms with Gasteiger partial charge >= 0.3 is 0 Å². The summed E-state index contributed by atoms with van der Waals surface area (Å²) >= 11 is 5.81. The van der Waals surface area contributed by atoms with E-state index in [-0.39, 0.29) is 11.8 Å². The molecule has 0 radical (unpaired) electrons. The summed E-state index contributed by atoms with van der Waals surface area (Å²) < 4.78 is 25.5. The molecular formula is C9H18ClNO2S. The number of hydrogen-bond acceptors (Lipinski definition) is 2. The van der Waals surface area contributed by atoms with Crippen molar-refractivity contribution in [1.29, 1.82) is 0 Å². The summed E-state index contributed by atoms with van der Waals surface area (Å²) in [5.74, 6) is 1.02.